The highest BCUT2D eigenvalue weighted by atomic mass is 35.5. The van der Waals surface area contributed by atoms with Crippen LogP contribution in [0.3, 0.4) is 0 Å². The van der Waals surface area contributed by atoms with Gasteiger partial charge in [0, 0.05) is 38.5 Å². The molecule has 1 heterocycles. The quantitative estimate of drug-likeness (QED) is 0.368. The fourth-order valence-electron chi connectivity index (χ4n) is 4.35. The minimum absolute atomic E-state index is 0.371. The lowest BCUT2D eigenvalue weighted by molar-refractivity contribution is -0.367. The standard InChI is InChI=1S/C27H31ClO10/c1-15(29)35-14-23-24(32)25(36-16(2)30)26(37-17(3)31)27(34-5,38-23)20-8-11-22(28)19(13-20)12-18-6-9-21(33-4)10-7-18/h6-11,13,23-26,32H,12,14H2,1-5H3/t23-,24-,25+,26-,27+/m1/s1. The van der Waals surface area contributed by atoms with Crippen molar-refractivity contribution in [2.75, 3.05) is 20.8 Å². The van der Waals surface area contributed by atoms with Crippen molar-refractivity contribution in [3.8, 4) is 5.75 Å². The number of esters is 3. The first kappa shape index (κ1) is 29.4. The molecule has 1 saturated heterocycles. The normalized spacial score (nSPS) is 24.8. The molecule has 10 nitrogen and oxygen atoms in total. The highest BCUT2D eigenvalue weighted by Gasteiger charge is 2.60. The van der Waals surface area contributed by atoms with Crippen molar-refractivity contribution in [3.05, 3.63) is 64.2 Å². The van der Waals surface area contributed by atoms with Crippen molar-refractivity contribution in [2.24, 2.45) is 0 Å². The van der Waals surface area contributed by atoms with E-state index in [2.05, 4.69) is 0 Å². The van der Waals surface area contributed by atoms with Gasteiger partial charge in [-0.1, -0.05) is 29.8 Å². The molecule has 11 heteroatoms. The third kappa shape index (κ3) is 6.63. The van der Waals surface area contributed by atoms with Gasteiger partial charge in [-0.25, -0.2) is 0 Å². The van der Waals surface area contributed by atoms with Crippen LogP contribution >= 0.6 is 11.6 Å². The van der Waals surface area contributed by atoms with Gasteiger partial charge in [-0.15, -0.1) is 0 Å². The zero-order chi connectivity index (χ0) is 28.0. The van der Waals surface area contributed by atoms with E-state index in [1.807, 2.05) is 24.3 Å². The van der Waals surface area contributed by atoms with Gasteiger partial charge in [-0.3, -0.25) is 14.4 Å². The summed E-state index contributed by atoms with van der Waals surface area (Å²) >= 11 is 6.53. The van der Waals surface area contributed by atoms with Gasteiger partial charge >= 0.3 is 17.9 Å². The van der Waals surface area contributed by atoms with Crippen molar-refractivity contribution in [1.82, 2.24) is 0 Å². The van der Waals surface area contributed by atoms with Crippen molar-refractivity contribution < 1.29 is 47.9 Å². The van der Waals surface area contributed by atoms with E-state index in [0.717, 1.165) is 12.5 Å². The molecule has 0 aromatic heterocycles. The Hall–Kier alpha value is -3.18. The summed E-state index contributed by atoms with van der Waals surface area (Å²) in [5, 5.41) is 11.5. The Morgan fingerprint density at radius 3 is 2.18 bits per heavy atom. The molecule has 2 aromatic rings. The van der Waals surface area contributed by atoms with Gasteiger partial charge in [0.15, 0.2) is 12.2 Å². The number of aliphatic hydroxyl groups is 1. The molecule has 0 bridgehead atoms. The number of aliphatic hydroxyl groups excluding tert-OH is 1. The highest BCUT2D eigenvalue weighted by Crippen LogP contribution is 2.43. The first-order valence-corrected chi connectivity index (χ1v) is 12.2. The molecule has 0 spiro atoms. The number of ether oxygens (including phenoxy) is 6. The molecule has 38 heavy (non-hydrogen) atoms. The Kier molecular flexibility index (Phi) is 9.72. The summed E-state index contributed by atoms with van der Waals surface area (Å²) in [6.45, 7) is 3.14. The number of halogens is 1. The number of hydrogen-bond acceptors (Lipinski definition) is 10. The van der Waals surface area contributed by atoms with E-state index in [1.165, 1.54) is 21.0 Å². The summed E-state index contributed by atoms with van der Waals surface area (Å²) in [6.07, 6.45) is -5.12. The van der Waals surface area contributed by atoms with Crippen LogP contribution in [0.25, 0.3) is 0 Å². The summed E-state index contributed by atoms with van der Waals surface area (Å²) in [5.74, 6) is -3.23. The second-order valence-electron chi connectivity index (χ2n) is 8.76. The molecule has 0 amide bonds. The van der Waals surface area contributed by atoms with E-state index in [-0.39, 0.29) is 6.61 Å². The topological polar surface area (TPSA) is 127 Å². The number of hydrogen-bond donors (Lipinski definition) is 1. The van der Waals surface area contributed by atoms with Gasteiger partial charge in [-0.05, 0) is 41.8 Å². The molecule has 0 aliphatic carbocycles. The molecule has 1 N–H and O–H groups in total. The summed E-state index contributed by atoms with van der Waals surface area (Å²) in [4.78, 5) is 35.6. The number of benzene rings is 2. The first-order valence-electron chi connectivity index (χ1n) is 11.8. The second kappa shape index (κ2) is 12.6. The third-order valence-electron chi connectivity index (χ3n) is 6.07. The second-order valence-corrected chi connectivity index (χ2v) is 9.16. The minimum Gasteiger partial charge on any atom is -0.497 e. The smallest absolute Gasteiger partial charge is 0.303 e. The predicted molar refractivity (Wildman–Crippen MR) is 135 cm³/mol. The average molecular weight is 551 g/mol. The Balaban J connectivity index is 2.11. The molecular weight excluding hydrogens is 520 g/mol. The molecule has 3 rings (SSSR count). The van der Waals surface area contributed by atoms with Gasteiger partial charge in [0.25, 0.3) is 0 Å². The Morgan fingerprint density at radius 1 is 0.974 bits per heavy atom. The summed E-state index contributed by atoms with van der Waals surface area (Å²) in [6, 6.07) is 12.4. The van der Waals surface area contributed by atoms with Gasteiger partial charge in [0.05, 0.1) is 7.11 Å². The summed E-state index contributed by atoms with van der Waals surface area (Å²) in [7, 11) is 2.90. The summed E-state index contributed by atoms with van der Waals surface area (Å²) in [5.41, 5.74) is 2.01. The van der Waals surface area contributed by atoms with Crippen molar-refractivity contribution in [2.45, 2.75) is 57.4 Å². The number of carbonyl (C=O) groups is 3. The zero-order valence-corrected chi connectivity index (χ0v) is 22.5. The van der Waals surface area contributed by atoms with Crippen molar-refractivity contribution in [1.29, 1.82) is 0 Å². The van der Waals surface area contributed by atoms with E-state index in [0.29, 0.717) is 28.3 Å². The van der Waals surface area contributed by atoms with Crippen LogP contribution in [0.5, 0.6) is 5.75 Å². The molecule has 206 valence electrons. The Bertz CT molecular complexity index is 1150. The van der Waals surface area contributed by atoms with E-state index >= 15 is 0 Å². The van der Waals surface area contributed by atoms with Crippen LogP contribution in [0.4, 0.5) is 0 Å². The van der Waals surface area contributed by atoms with E-state index < -0.39 is 48.1 Å². The first-order chi connectivity index (χ1) is 18.0. The third-order valence-corrected chi connectivity index (χ3v) is 6.44. The lowest BCUT2D eigenvalue weighted by Crippen LogP contribution is -2.66. The van der Waals surface area contributed by atoms with Crippen LogP contribution in [-0.2, 0) is 50.3 Å². The Morgan fingerprint density at radius 2 is 1.63 bits per heavy atom. The maximum atomic E-state index is 12.1. The van der Waals surface area contributed by atoms with Crippen LogP contribution in [0.1, 0.15) is 37.5 Å². The molecule has 1 aliphatic heterocycles. The van der Waals surface area contributed by atoms with Crippen LogP contribution in [-0.4, -0.2) is 68.3 Å². The molecule has 1 aliphatic rings. The van der Waals surface area contributed by atoms with Crippen LogP contribution in [0.2, 0.25) is 5.02 Å². The molecular formula is C27H31ClO10. The average Bonchev–Trinajstić information content (AvgIpc) is 2.87. The van der Waals surface area contributed by atoms with Gasteiger partial charge in [0.1, 0.15) is 24.6 Å². The fourth-order valence-corrected chi connectivity index (χ4v) is 4.54. The number of rotatable bonds is 9. The van der Waals surface area contributed by atoms with Gasteiger partial charge in [-0.2, -0.15) is 0 Å². The lowest BCUT2D eigenvalue weighted by atomic mass is 9.86. The zero-order valence-electron chi connectivity index (χ0n) is 21.8. The minimum atomic E-state index is -1.87. The SMILES string of the molecule is COc1ccc(Cc2cc([C@]3(OC)O[C@H](COC(C)=O)[C@@H](O)[C@H](OC(C)=O)[C@H]3OC(C)=O)ccc2Cl)cc1. The lowest BCUT2D eigenvalue weighted by Gasteiger charge is -2.49. The Labute approximate surface area is 225 Å². The monoisotopic (exact) mass is 550 g/mol. The largest absolute Gasteiger partial charge is 0.497 e. The maximum absolute atomic E-state index is 12.1. The van der Waals surface area contributed by atoms with Gasteiger partial charge in [0.2, 0.25) is 5.79 Å². The van der Waals surface area contributed by atoms with E-state index in [4.69, 9.17) is 40.0 Å². The van der Waals surface area contributed by atoms with E-state index in [1.54, 1.807) is 25.3 Å². The number of carbonyl (C=O) groups excluding carboxylic acids is 3. The van der Waals surface area contributed by atoms with Crippen LogP contribution < -0.4 is 4.74 Å². The molecule has 0 radical (unpaired) electrons. The van der Waals surface area contributed by atoms with Crippen LogP contribution in [0, 0.1) is 0 Å². The van der Waals surface area contributed by atoms with Crippen LogP contribution in [0.15, 0.2) is 42.5 Å². The number of methoxy groups -OCH3 is 2. The maximum Gasteiger partial charge on any atom is 0.303 e. The van der Waals surface area contributed by atoms with Crippen molar-refractivity contribution >= 4 is 29.5 Å². The van der Waals surface area contributed by atoms with Gasteiger partial charge < -0.3 is 33.5 Å². The summed E-state index contributed by atoms with van der Waals surface area (Å²) < 4.78 is 33.3. The fraction of sp³-hybridized carbons (Fsp3) is 0.444. The molecule has 0 unspecified atom stereocenters. The molecule has 5 atom stereocenters. The molecule has 1 fully saturated rings. The predicted octanol–water partition coefficient (Wildman–Crippen LogP) is 2.92. The molecule has 2 aromatic carbocycles. The molecule has 0 saturated carbocycles. The highest BCUT2D eigenvalue weighted by molar-refractivity contribution is 6.31. The van der Waals surface area contributed by atoms with Crippen molar-refractivity contribution in [3.63, 3.8) is 0 Å². The van der Waals surface area contributed by atoms with E-state index in [9.17, 15) is 19.5 Å².